The van der Waals surface area contributed by atoms with Crippen LogP contribution < -0.4 is 10.4 Å². The number of rotatable bonds is 4. The summed E-state index contributed by atoms with van der Waals surface area (Å²) in [4.78, 5) is 24.2. The molecule has 0 saturated heterocycles. The normalized spacial score (nSPS) is 11.5. The molecule has 3 aromatic heterocycles. The lowest BCUT2D eigenvalue weighted by atomic mass is 10.2. The van der Waals surface area contributed by atoms with E-state index in [1.54, 1.807) is 16.8 Å². The van der Waals surface area contributed by atoms with E-state index in [9.17, 15) is 4.79 Å². The molecule has 4 rings (SSSR count). The second-order valence-electron chi connectivity index (χ2n) is 5.78. The highest BCUT2D eigenvalue weighted by atomic mass is 16.5. The van der Waals surface area contributed by atoms with Gasteiger partial charge in [-0.3, -0.25) is 9.55 Å². The highest BCUT2D eigenvalue weighted by molar-refractivity contribution is 5.83. The van der Waals surface area contributed by atoms with Gasteiger partial charge >= 0.3 is 5.69 Å². The number of aromatic nitrogens is 5. The van der Waals surface area contributed by atoms with E-state index >= 15 is 0 Å². The minimum absolute atomic E-state index is 0.242. The Kier molecular flexibility index (Phi) is 3.56. The number of H-pyrrole nitrogens is 1. The Bertz CT molecular complexity index is 1140. The van der Waals surface area contributed by atoms with Crippen LogP contribution in [0.1, 0.15) is 19.7 Å². The van der Waals surface area contributed by atoms with Gasteiger partial charge in [0, 0.05) is 18.8 Å². The van der Waals surface area contributed by atoms with Gasteiger partial charge in [-0.1, -0.05) is 0 Å². The molecule has 0 aliphatic rings. The Morgan fingerprint density at radius 3 is 2.84 bits per heavy atom. The Morgan fingerprint density at radius 2 is 2.08 bits per heavy atom. The molecule has 7 nitrogen and oxygen atoms in total. The van der Waals surface area contributed by atoms with Crippen molar-refractivity contribution < 1.29 is 4.74 Å². The molecule has 0 aliphatic carbocycles. The fraction of sp³-hybridized carbons (Fsp3) is 0.278. The van der Waals surface area contributed by atoms with Crippen LogP contribution in [0.4, 0.5) is 0 Å². The zero-order valence-corrected chi connectivity index (χ0v) is 14.4. The highest BCUT2D eigenvalue weighted by Gasteiger charge is 2.16. The molecule has 1 N–H and O–H groups in total. The summed E-state index contributed by atoms with van der Waals surface area (Å²) in [6.45, 7) is 7.31. The Morgan fingerprint density at radius 1 is 1.24 bits per heavy atom. The smallest absolute Gasteiger partial charge is 0.332 e. The third-order valence-electron chi connectivity index (χ3n) is 4.34. The maximum atomic E-state index is 12.6. The summed E-state index contributed by atoms with van der Waals surface area (Å²) in [5.41, 5.74) is 3.59. The first-order chi connectivity index (χ1) is 12.1. The van der Waals surface area contributed by atoms with E-state index in [4.69, 9.17) is 4.74 Å². The molecule has 4 aromatic rings. The molecule has 0 saturated carbocycles. The van der Waals surface area contributed by atoms with Crippen molar-refractivity contribution in [3.8, 4) is 11.4 Å². The molecule has 0 radical (unpaired) electrons. The minimum Gasteiger partial charge on any atom is -0.491 e. The van der Waals surface area contributed by atoms with Crippen LogP contribution in [0.15, 0.2) is 35.3 Å². The molecule has 1 aromatic carbocycles. The number of fused-ring (bicyclic) bond motifs is 2. The maximum absolute atomic E-state index is 12.6. The molecule has 0 fully saturated rings. The van der Waals surface area contributed by atoms with Crippen molar-refractivity contribution in [3.05, 3.63) is 46.8 Å². The van der Waals surface area contributed by atoms with Crippen LogP contribution in [0.25, 0.3) is 27.9 Å². The van der Waals surface area contributed by atoms with Gasteiger partial charge in [-0.2, -0.15) is 0 Å². The lowest BCUT2D eigenvalue weighted by Gasteiger charge is -2.09. The van der Waals surface area contributed by atoms with E-state index in [-0.39, 0.29) is 5.69 Å². The zero-order valence-electron chi connectivity index (χ0n) is 14.4. The number of benzene rings is 1. The Labute approximate surface area is 143 Å². The monoisotopic (exact) mass is 337 g/mol. The zero-order chi connectivity index (χ0) is 17.6. The number of imidazole rings is 2. The van der Waals surface area contributed by atoms with Crippen molar-refractivity contribution in [2.75, 3.05) is 6.61 Å². The average Bonchev–Trinajstić information content (AvgIpc) is 3.10. The molecule has 0 spiro atoms. The fourth-order valence-corrected chi connectivity index (χ4v) is 3.29. The van der Waals surface area contributed by atoms with Gasteiger partial charge < -0.3 is 9.30 Å². The molecule has 0 aliphatic heterocycles. The predicted octanol–water partition coefficient (Wildman–Crippen LogP) is 2.79. The van der Waals surface area contributed by atoms with Gasteiger partial charge in [-0.15, -0.1) is 0 Å². The van der Waals surface area contributed by atoms with E-state index in [2.05, 4.69) is 26.4 Å². The topological polar surface area (TPSA) is 77.7 Å². The summed E-state index contributed by atoms with van der Waals surface area (Å²) in [5.74, 6) is 1.59. The van der Waals surface area contributed by atoms with E-state index in [1.165, 1.54) is 0 Å². The van der Waals surface area contributed by atoms with Crippen LogP contribution in [-0.2, 0) is 6.54 Å². The Hall–Kier alpha value is -3.09. The summed E-state index contributed by atoms with van der Waals surface area (Å²) in [6, 6.07) is 7.59. The van der Waals surface area contributed by atoms with Gasteiger partial charge in [0.25, 0.3) is 0 Å². The van der Waals surface area contributed by atoms with Gasteiger partial charge in [-0.05, 0) is 39.0 Å². The number of nitrogens with one attached hydrogen (secondary N) is 1. The van der Waals surface area contributed by atoms with Crippen LogP contribution in [0.3, 0.4) is 0 Å². The first-order valence-electron chi connectivity index (χ1n) is 8.33. The van der Waals surface area contributed by atoms with Crippen molar-refractivity contribution in [1.82, 2.24) is 24.1 Å². The highest BCUT2D eigenvalue weighted by Crippen LogP contribution is 2.26. The van der Waals surface area contributed by atoms with Crippen molar-refractivity contribution in [2.45, 2.75) is 27.3 Å². The fourth-order valence-electron chi connectivity index (χ4n) is 3.29. The quantitative estimate of drug-likeness (QED) is 0.621. The molecule has 0 atom stereocenters. The van der Waals surface area contributed by atoms with Crippen molar-refractivity contribution >= 4 is 22.2 Å². The van der Waals surface area contributed by atoms with Crippen molar-refractivity contribution in [1.29, 1.82) is 0 Å². The number of hydrogen-bond donors (Lipinski definition) is 1. The molecule has 128 valence electrons. The van der Waals surface area contributed by atoms with Gasteiger partial charge in [0.1, 0.15) is 17.1 Å². The second kappa shape index (κ2) is 5.77. The third kappa shape index (κ3) is 2.31. The van der Waals surface area contributed by atoms with Gasteiger partial charge in [0.2, 0.25) is 0 Å². The van der Waals surface area contributed by atoms with E-state index in [0.29, 0.717) is 23.5 Å². The summed E-state index contributed by atoms with van der Waals surface area (Å²) in [7, 11) is 0. The molecule has 25 heavy (non-hydrogen) atoms. The number of hydrogen-bond acceptors (Lipinski definition) is 4. The largest absolute Gasteiger partial charge is 0.491 e. The number of aryl methyl sites for hydroxylation is 2. The second-order valence-corrected chi connectivity index (χ2v) is 5.78. The maximum Gasteiger partial charge on any atom is 0.332 e. The van der Waals surface area contributed by atoms with Crippen LogP contribution in [0.2, 0.25) is 0 Å². The van der Waals surface area contributed by atoms with E-state index < -0.39 is 0 Å². The lowest BCUT2D eigenvalue weighted by Crippen LogP contribution is -2.15. The molecule has 3 heterocycles. The van der Waals surface area contributed by atoms with Crippen LogP contribution >= 0.6 is 0 Å². The minimum atomic E-state index is -0.242. The summed E-state index contributed by atoms with van der Waals surface area (Å²) in [5, 5.41) is 0. The Balaban J connectivity index is 2.03. The number of pyridine rings is 1. The SMILES string of the molecule is CCOc1ccnc2[nH]c(=O)n(-c3ccc4nc(C)n(CC)c4c3)c12. The standard InChI is InChI=1S/C18H19N5O2/c1-4-22-11(3)20-13-7-6-12(10-14(13)22)23-16-15(25-5-2)8-9-19-17(16)21-18(23)24/h6-10H,4-5H2,1-3H3,(H,19,21,24). The summed E-state index contributed by atoms with van der Waals surface area (Å²) >= 11 is 0. The van der Waals surface area contributed by atoms with Crippen molar-refractivity contribution in [3.63, 3.8) is 0 Å². The van der Waals surface area contributed by atoms with Crippen LogP contribution in [0, 0.1) is 6.92 Å². The first kappa shape index (κ1) is 15.4. The molecular formula is C18H19N5O2. The first-order valence-corrected chi connectivity index (χ1v) is 8.33. The predicted molar refractivity (Wildman–Crippen MR) is 96.6 cm³/mol. The third-order valence-corrected chi connectivity index (χ3v) is 4.34. The number of ether oxygens (including phenoxy) is 1. The van der Waals surface area contributed by atoms with E-state index in [1.807, 2.05) is 32.0 Å². The molecule has 0 bridgehead atoms. The number of aromatic amines is 1. The summed E-state index contributed by atoms with van der Waals surface area (Å²) < 4.78 is 9.43. The number of nitrogens with zero attached hydrogens (tertiary/aromatic N) is 4. The molecular weight excluding hydrogens is 318 g/mol. The average molecular weight is 337 g/mol. The summed E-state index contributed by atoms with van der Waals surface area (Å²) in [6.07, 6.45) is 1.63. The lowest BCUT2D eigenvalue weighted by molar-refractivity contribution is 0.343. The van der Waals surface area contributed by atoms with Crippen molar-refractivity contribution in [2.24, 2.45) is 0 Å². The van der Waals surface area contributed by atoms with Crippen LogP contribution in [-0.4, -0.2) is 30.7 Å². The van der Waals surface area contributed by atoms with Gasteiger partial charge in [0.15, 0.2) is 5.65 Å². The van der Waals surface area contributed by atoms with Crippen LogP contribution in [0.5, 0.6) is 5.75 Å². The van der Waals surface area contributed by atoms with Gasteiger partial charge in [-0.25, -0.2) is 14.8 Å². The van der Waals surface area contributed by atoms with Gasteiger partial charge in [0.05, 0.1) is 23.3 Å². The van der Waals surface area contributed by atoms with E-state index in [0.717, 1.165) is 29.1 Å². The molecule has 0 amide bonds. The molecule has 7 heteroatoms. The molecule has 0 unspecified atom stereocenters.